The molecule has 1 unspecified atom stereocenters. The molecule has 2 fully saturated rings. The Kier molecular flexibility index (Phi) is 6.69. The number of tetrazole rings is 1. The Morgan fingerprint density at radius 1 is 1.00 bits per heavy atom. The van der Waals surface area contributed by atoms with E-state index in [0.29, 0.717) is 11.3 Å². The summed E-state index contributed by atoms with van der Waals surface area (Å²) >= 11 is 1.92. The van der Waals surface area contributed by atoms with Crippen LogP contribution >= 0.6 is 11.9 Å². The summed E-state index contributed by atoms with van der Waals surface area (Å²) in [5.41, 5.74) is 3.17. The van der Waals surface area contributed by atoms with Crippen LogP contribution < -0.4 is 4.90 Å². The van der Waals surface area contributed by atoms with Gasteiger partial charge in [-0.05, 0) is 65.8 Å². The van der Waals surface area contributed by atoms with Crippen LogP contribution in [0.3, 0.4) is 0 Å². The highest BCUT2D eigenvalue weighted by molar-refractivity contribution is 7.97. The summed E-state index contributed by atoms with van der Waals surface area (Å²) in [6.07, 6.45) is 6.73. The summed E-state index contributed by atoms with van der Waals surface area (Å²) in [6, 6.07) is 16.8. The van der Waals surface area contributed by atoms with Gasteiger partial charge in [0.15, 0.2) is 0 Å². The lowest BCUT2D eigenvalue weighted by Crippen LogP contribution is -2.35. The average Bonchev–Trinajstić information content (AvgIpc) is 3.39. The van der Waals surface area contributed by atoms with Crippen LogP contribution in [0.15, 0.2) is 54.9 Å². The topological polar surface area (TPSA) is 50.1 Å². The third kappa shape index (κ3) is 4.96. The molecule has 0 spiro atoms. The predicted molar refractivity (Wildman–Crippen MR) is 126 cm³/mol. The fourth-order valence-corrected chi connectivity index (χ4v) is 6.05. The molecule has 6 nitrogen and oxygen atoms in total. The van der Waals surface area contributed by atoms with E-state index in [1.165, 1.54) is 18.4 Å². The maximum Gasteiger partial charge on any atom is 0.138 e. The van der Waals surface area contributed by atoms with E-state index in [4.69, 9.17) is 0 Å². The number of aromatic nitrogens is 4. The van der Waals surface area contributed by atoms with E-state index in [-0.39, 0.29) is 5.82 Å². The van der Waals surface area contributed by atoms with Crippen molar-refractivity contribution in [2.75, 3.05) is 31.1 Å². The SMILES string of the molecule is Fc1cc(N2CCC(n3cnnn3)CC2)ccc1CCN1CCCC(c2ccccc2)S1. The second-order valence-corrected chi connectivity index (χ2v) is 9.91. The van der Waals surface area contributed by atoms with Crippen LogP contribution in [0.1, 0.15) is 48.1 Å². The molecule has 3 heterocycles. The van der Waals surface area contributed by atoms with Crippen LogP contribution in [-0.2, 0) is 6.42 Å². The molecule has 2 aliphatic rings. The highest BCUT2D eigenvalue weighted by Gasteiger charge is 2.24. The van der Waals surface area contributed by atoms with Crippen molar-refractivity contribution in [3.63, 3.8) is 0 Å². The van der Waals surface area contributed by atoms with Crippen molar-refractivity contribution in [3.05, 3.63) is 71.8 Å². The Labute approximate surface area is 192 Å². The van der Waals surface area contributed by atoms with Crippen LogP contribution in [0.5, 0.6) is 0 Å². The van der Waals surface area contributed by atoms with Crippen LogP contribution in [-0.4, -0.2) is 50.7 Å². The summed E-state index contributed by atoms with van der Waals surface area (Å²) in [7, 11) is 0. The Morgan fingerprint density at radius 2 is 1.84 bits per heavy atom. The lowest BCUT2D eigenvalue weighted by molar-refractivity contribution is 0.360. The first-order valence-corrected chi connectivity index (χ1v) is 12.3. The van der Waals surface area contributed by atoms with Gasteiger partial charge in [0, 0.05) is 37.1 Å². The van der Waals surface area contributed by atoms with Gasteiger partial charge >= 0.3 is 0 Å². The van der Waals surface area contributed by atoms with Crippen molar-refractivity contribution in [1.29, 1.82) is 0 Å². The van der Waals surface area contributed by atoms with Crippen LogP contribution in [0.25, 0.3) is 0 Å². The molecule has 2 aromatic carbocycles. The number of hydrogen-bond acceptors (Lipinski definition) is 6. The quantitative estimate of drug-likeness (QED) is 0.506. The van der Waals surface area contributed by atoms with E-state index >= 15 is 0 Å². The van der Waals surface area contributed by atoms with Gasteiger partial charge in [0.25, 0.3) is 0 Å². The minimum absolute atomic E-state index is 0.0910. The molecule has 0 radical (unpaired) electrons. The molecule has 32 heavy (non-hydrogen) atoms. The number of anilines is 1. The molecule has 5 rings (SSSR count). The summed E-state index contributed by atoms with van der Waals surface area (Å²) < 4.78 is 19.2. The molecule has 0 saturated carbocycles. The van der Waals surface area contributed by atoms with Gasteiger partial charge in [0.05, 0.1) is 6.04 Å². The van der Waals surface area contributed by atoms with Gasteiger partial charge in [-0.2, -0.15) is 0 Å². The number of hydrogen-bond donors (Lipinski definition) is 0. The minimum Gasteiger partial charge on any atom is -0.371 e. The van der Waals surface area contributed by atoms with E-state index in [9.17, 15) is 4.39 Å². The van der Waals surface area contributed by atoms with Crippen LogP contribution in [0, 0.1) is 5.82 Å². The summed E-state index contributed by atoms with van der Waals surface area (Å²) in [5.74, 6) is -0.0910. The van der Waals surface area contributed by atoms with Gasteiger partial charge in [0.2, 0.25) is 0 Å². The van der Waals surface area contributed by atoms with Gasteiger partial charge in [-0.1, -0.05) is 48.3 Å². The zero-order valence-electron chi connectivity index (χ0n) is 18.2. The second kappa shape index (κ2) is 10.0. The molecule has 0 N–H and O–H groups in total. The molecular formula is C24H29FN6S. The highest BCUT2D eigenvalue weighted by Crippen LogP contribution is 2.39. The maximum atomic E-state index is 14.9. The third-order valence-electron chi connectivity index (χ3n) is 6.56. The van der Waals surface area contributed by atoms with Crippen molar-refractivity contribution >= 4 is 17.6 Å². The number of benzene rings is 2. The first kappa shape index (κ1) is 21.4. The second-order valence-electron chi connectivity index (χ2n) is 8.61. The zero-order valence-corrected chi connectivity index (χ0v) is 19.0. The molecule has 2 saturated heterocycles. The molecule has 1 atom stereocenters. The van der Waals surface area contributed by atoms with Gasteiger partial charge in [-0.15, -0.1) is 5.10 Å². The summed E-state index contributed by atoms with van der Waals surface area (Å²) in [6.45, 7) is 3.72. The number of halogens is 1. The van der Waals surface area contributed by atoms with Gasteiger partial charge in [-0.25, -0.2) is 13.4 Å². The zero-order chi connectivity index (χ0) is 21.8. The average molecular weight is 453 g/mol. The predicted octanol–water partition coefficient (Wildman–Crippen LogP) is 4.68. The van der Waals surface area contributed by atoms with Gasteiger partial charge in [-0.3, -0.25) is 0 Å². The minimum atomic E-state index is -0.0910. The number of piperidine rings is 1. The Balaban J connectivity index is 1.15. The molecule has 0 bridgehead atoms. The Hall–Kier alpha value is -2.45. The summed E-state index contributed by atoms with van der Waals surface area (Å²) in [4.78, 5) is 2.26. The van der Waals surface area contributed by atoms with Crippen LogP contribution in [0.4, 0.5) is 10.1 Å². The smallest absolute Gasteiger partial charge is 0.138 e. The normalized spacial score (nSPS) is 20.5. The van der Waals surface area contributed by atoms with Crippen LogP contribution in [0.2, 0.25) is 0 Å². The molecule has 1 aromatic heterocycles. The van der Waals surface area contributed by atoms with Gasteiger partial charge < -0.3 is 4.90 Å². The lowest BCUT2D eigenvalue weighted by atomic mass is 10.0. The van der Waals surface area contributed by atoms with Crippen molar-refractivity contribution in [2.24, 2.45) is 0 Å². The van der Waals surface area contributed by atoms with E-state index in [0.717, 1.165) is 56.7 Å². The first-order chi connectivity index (χ1) is 15.8. The molecule has 0 aliphatic carbocycles. The Bertz CT molecular complexity index is 991. The van der Waals surface area contributed by atoms with Gasteiger partial charge in [0.1, 0.15) is 12.1 Å². The molecule has 168 valence electrons. The number of rotatable bonds is 6. The third-order valence-corrected chi connectivity index (χ3v) is 7.98. The molecule has 2 aliphatic heterocycles. The Morgan fingerprint density at radius 3 is 2.59 bits per heavy atom. The van der Waals surface area contributed by atoms with Crippen molar-refractivity contribution in [1.82, 2.24) is 24.5 Å². The van der Waals surface area contributed by atoms with E-state index in [1.807, 2.05) is 22.7 Å². The van der Waals surface area contributed by atoms with E-state index in [2.05, 4.69) is 61.1 Å². The largest absolute Gasteiger partial charge is 0.371 e. The molecule has 3 aromatic rings. The van der Waals surface area contributed by atoms with Crippen molar-refractivity contribution < 1.29 is 4.39 Å². The fourth-order valence-electron chi connectivity index (χ4n) is 4.70. The molecular weight excluding hydrogens is 423 g/mol. The van der Waals surface area contributed by atoms with E-state index < -0.39 is 0 Å². The highest BCUT2D eigenvalue weighted by atomic mass is 32.2. The summed E-state index contributed by atoms with van der Waals surface area (Å²) in [5, 5.41) is 12.0. The monoisotopic (exact) mass is 452 g/mol. The van der Waals surface area contributed by atoms with Crippen molar-refractivity contribution in [2.45, 2.75) is 43.4 Å². The standard InChI is InChI=1S/C24H29FN6S/c25-23-17-22(29-14-11-21(12-15-29)31-18-26-27-28-31)9-8-19(23)10-16-30-13-4-7-24(32-30)20-5-2-1-3-6-20/h1-3,5-6,8-9,17-18,21,24H,4,7,10-16H2. The molecule has 0 amide bonds. The fraction of sp³-hybridized carbons (Fsp3) is 0.458. The maximum absolute atomic E-state index is 14.9. The van der Waals surface area contributed by atoms with E-state index in [1.54, 1.807) is 12.4 Å². The molecule has 8 heteroatoms. The lowest BCUT2D eigenvalue weighted by Gasteiger charge is -2.33. The number of nitrogens with zero attached hydrogens (tertiary/aromatic N) is 6. The van der Waals surface area contributed by atoms with Crippen molar-refractivity contribution in [3.8, 4) is 0 Å². The first-order valence-electron chi connectivity index (χ1n) is 11.5.